The van der Waals surface area contributed by atoms with Gasteiger partial charge in [0.25, 0.3) is 0 Å². The first kappa shape index (κ1) is 9.44. The number of nitrogens with zero attached hydrogens (tertiary/aromatic N) is 1. The van der Waals surface area contributed by atoms with Gasteiger partial charge >= 0.3 is 0 Å². The van der Waals surface area contributed by atoms with Crippen molar-refractivity contribution in [3.63, 3.8) is 0 Å². The van der Waals surface area contributed by atoms with Crippen molar-refractivity contribution in [1.29, 1.82) is 0 Å². The topological polar surface area (TPSA) is 32.7 Å². The van der Waals surface area contributed by atoms with Crippen LogP contribution >= 0.6 is 0 Å². The third-order valence-corrected chi connectivity index (χ3v) is 3.33. The fourth-order valence-corrected chi connectivity index (χ4v) is 2.77. The van der Waals surface area contributed by atoms with Gasteiger partial charge in [-0.15, -0.1) is 0 Å². The first-order valence-corrected chi connectivity index (χ1v) is 5.20. The van der Waals surface area contributed by atoms with E-state index in [1.807, 2.05) is 0 Å². The predicted molar refractivity (Wildman–Crippen MR) is 50.6 cm³/mol. The second-order valence-electron chi connectivity index (χ2n) is 4.40. The molecular weight excluding hydrogens is 166 g/mol. The van der Waals surface area contributed by atoms with Gasteiger partial charge in [0.15, 0.2) is 0 Å². The standard InChI is InChI=1S/C10H19NO2/c1-13-7-10(12)6-11-5-8-2-3-9(11)4-8/h8-10,12H,2-7H2,1H3. The molecule has 13 heavy (non-hydrogen) atoms. The largest absolute Gasteiger partial charge is 0.389 e. The minimum Gasteiger partial charge on any atom is -0.389 e. The summed E-state index contributed by atoms with van der Waals surface area (Å²) in [6, 6.07) is 0.761. The lowest BCUT2D eigenvalue weighted by Gasteiger charge is -2.28. The zero-order valence-electron chi connectivity index (χ0n) is 8.28. The highest BCUT2D eigenvalue weighted by molar-refractivity contribution is 4.92. The van der Waals surface area contributed by atoms with Crippen molar-refractivity contribution in [3.8, 4) is 0 Å². The van der Waals surface area contributed by atoms with Crippen molar-refractivity contribution >= 4 is 0 Å². The highest BCUT2D eigenvalue weighted by atomic mass is 16.5. The number of β-amino-alcohol motifs (C(OH)–C–C–N with tert-alkyl or cyclic N) is 1. The van der Waals surface area contributed by atoms with E-state index in [0.29, 0.717) is 6.61 Å². The lowest BCUT2D eigenvalue weighted by atomic mass is 10.1. The zero-order valence-corrected chi connectivity index (χ0v) is 8.28. The SMILES string of the molecule is COCC(O)CN1CC2CCC1C2. The molecule has 76 valence electrons. The molecule has 0 aromatic rings. The molecule has 1 heterocycles. The van der Waals surface area contributed by atoms with Crippen LogP contribution in [-0.2, 0) is 4.74 Å². The van der Waals surface area contributed by atoms with Crippen molar-refractivity contribution < 1.29 is 9.84 Å². The van der Waals surface area contributed by atoms with Crippen LogP contribution in [-0.4, -0.2) is 49.0 Å². The van der Waals surface area contributed by atoms with E-state index in [0.717, 1.165) is 18.5 Å². The fourth-order valence-electron chi connectivity index (χ4n) is 2.77. The van der Waals surface area contributed by atoms with Gasteiger partial charge in [-0.25, -0.2) is 0 Å². The Balaban J connectivity index is 1.76. The molecule has 2 aliphatic rings. The van der Waals surface area contributed by atoms with Crippen molar-refractivity contribution in [2.75, 3.05) is 26.8 Å². The summed E-state index contributed by atoms with van der Waals surface area (Å²) >= 11 is 0. The van der Waals surface area contributed by atoms with E-state index < -0.39 is 0 Å². The number of hydrogen-bond donors (Lipinski definition) is 1. The van der Waals surface area contributed by atoms with Crippen LogP contribution in [0.1, 0.15) is 19.3 Å². The van der Waals surface area contributed by atoms with Crippen molar-refractivity contribution in [2.45, 2.75) is 31.4 Å². The van der Waals surface area contributed by atoms with Crippen LogP contribution in [0.25, 0.3) is 0 Å². The predicted octanol–water partition coefficient (Wildman–Crippen LogP) is 0.478. The van der Waals surface area contributed by atoms with E-state index in [1.54, 1.807) is 7.11 Å². The van der Waals surface area contributed by atoms with Gasteiger partial charge < -0.3 is 9.84 Å². The molecule has 0 aromatic heterocycles. The molecular formula is C10H19NO2. The average Bonchev–Trinajstić information content (AvgIpc) is 2.65. The second-order valence-corrected chi connectivity index (χ2v) is 4.40. The molecule has 3 atom stereocenters. The zero-order chi connectivity index (χ0) is 9.26. The van der Waals surface area contributed by atoms with Gasteiger partial charge in [-0.3, -0.25) is 4.90 Å². The fraction of sp³-hybridized carbons (Fsp3) is 1.00. The Labute approximate surface area is 79.7 Å². The molecule has 3 nitrogen and oxygen atoms in total. The number of likely N-dealkylation sites (tertiary alicyclic amines) is 1. The lowest BCUT2D eigenvalue weighted by molar-refractivity contribution is 0.0303. The summed E-state index contributed by atoms with van der Waals surface area (Å²) in [6.07, 6.45) is 3.80. The number of piperidine rings is 1. The minimum absolute atomic E-state index is 0.302. The van der Waals surface area contributed by atoms with Crippen LogP contribution in [0.3, 0.4) is 0 Å². The van der Waals surface area contributed by atoms with Crippen LogP contribution in [0.5, 0.6) is 0 Å². The summed E-state index contributed by atoms with van der Waals surface area (Å²) in [7, 11) is 1.64. The minimum atomic E-state index is -0.302. The van der Waals surface area contributed by atoms with Crippen LogP contribution in [0, 0.1) is 5.92 Å². The van der Waals surface area contributed by atoms with Gasteiger partial charge in [0.05, 0.1) is 12.7 Å². The number of aliphatic hydroxyl groups excluding tert-OH is 1. The van der Waals surface area contributed by atoms with E-state index in [2.05, 4.69) is 4.90 Å². The molecule has 0 radical (unpaired) electrons. The normalized spacial score (nSPS) is 35.5. The molecule has 3 heteroatoms. The van der Waals surface area contributed by atoms with E-state index in [-0.39, 0.29) is 6.10 Å². The maximum Gasteiger partial charge on any atom is 0.0900 e. The van der Waals surface area contributed by atoms with Gasteiger partial charge in [-0.1, -0.05) is 0 Å². The van der Waals surface area contributed by atoms with Gasteiger partial charge in [-0.05, 0) is 25.2 Å². The molecule has 2 fully saturated rings. The molecule has 0 spiro atoms. The Hall–Kier alpha value is -0.120. The molecule has 2 rings (SSSR count). The third-order valence-electron chi connectivity index (χ3n) is 3.33. The third kappa shape index (κ3) is 2.03. The van der Waals surface area contributed by atoms with E-state index in [1.165, 1.54) is 25.8 Å². The molecule has 0 amide bonds. The molecule has 3 unspecified atom stereocenters. The summed E-state index contributed by atoms with van der Waals surface area (Å²) in [6.45, 7) is 2.47. The Morgan fingerprint density at radius 1 is 1.54 bits per heavy atom. The summed E-state index contributed by atoms with van der Waals surface area (Å²) < 4.78 is 4.92. The van der Waals surface area contributed by atoms with Gasteiger partial charge in [-0.2, -0.15) is 0 Å². The Kier molecular flexibility index (Phi) is 2.86. The smallest absolute Gasteiger partial charge is 0.0900 e. The number of methoxy groups -OCH3 is 1. The number of fused-ring (bicyclic) bond motifs is 2. The van der Waals surface area contributed by atoms with Crippen LogP contribution in [0.2, 0.25) is 0 Å². The first-order valence-electron chi connectivity index (χ1n) is 5.20. The van der Waals surface area contributed by atoms with E-state index in [4.69, 9.17) is 4.74 Å². The number of aliphatic hydroxyl groups is 1. The summed E-state index contributed by atoms with van der Waals surface area (Å²) in [5.74, 6) is 0.916. The molecule has 1 saturated carbocycles. The van der Waals surface area contributed by atoms with E-state index in [9.17, 15) is 5.11 Å². The van der Waals surface area contributed by atoms with Crippen LogP contribution < -0.4 is 0 Å². The molecule has 1 N–H and O–H groups in total. The number of ether oxygens (including phenoxy) is 1. The van der Waals surface area contributed by atoms with Gasteiger partial charge in [0.2, 0.25) is 0 Å². The average molecular weight is 185 g/mol. The van der Waals surface area contributed by atoms with Crippen LogP contribution in [0.15, 0.2) is 0 Å². The number of rotatable bonds is 4. The highest BCUT2D eigenvalue weighted by Gasteiger charge is 2.37. The number of hydrogen-bond acceptors (Lipinski definition) is 3. The van der Waals surface area contributed by atoms with E-state index >= 15 is 0 Å². The monoisotopic (exact) mass is 185 g/mol. The molecule has 2 bridgehead atoms. The Bertz CT molecular complexity index is 174. The first-order chi connectivity index (χ1) is 6.29. The summed E-state index contributed by atoms with van der Waals surface area (Å²) in [4.78, 5) is 2.43. The Morgan fingerprint density at radius 3 is 2.92 bits per heavy atom. The molecule has 1 saturated heterocycles. The lowest BCUT2D eigenvalue weighted by Crippen LogP contribution is -2.39. The summed E-state index contributed by atoms with van der Waals surface area (Å²) in [5, 5.41) is 9.57. The van der Waals surface area contributed by atoms with Crippen LogP contribution in [0.4, 0.5) is 0 Å². The molecule has 1 aliphatic carbocycles. The maximum atomic E-state index is 9.57. The van der Waals surface area contributed by atoms with Crippen molar-refractivity contribution in [1.82, 2.24) is 4.90 Å². The van der Waals surface area contributed by atoms with Gasteiger partial charge in [0, 0.05) is 26.2 Å². The van der Waals surface area contributed by atoms with Gasteiger partial charge in [0.1, 0.15) is 0 Å². The van der Waals surface area contributed by atoms with Crippen molar-refractivity contribution in [3.05, 3.63) is 0 Å². The molecule has 0 aromatic carbocycles. The second kappa shape index (κ2) is 3.95. The maximum absolute atomic E-state index is 9.57. The quantitative estimate of drug-likeness (QED) is 0.691. The molecule has 1 aliphatic heterocycles. The highest BCUT2D eigenvalue weighted by Crippen LogP contribution is 2.37. The van der Waals surface area contributed by atoms with Crippen molar-refractivity contribution in [2.24, 2.45) is 5.92 Å². The Morgan fingerprint density at radius 2 is 2.38 bits per heavy atom. The summed E-state index contributed by atoms with van der Waals surface area (Å²) in [5.41, 5.74) is 0.